The number of carbonyl (C=O) groups excluding carboxylic acids is 1. The highest BCUT2D eigenvalue weighted by molar-refractivity contribution is 7.09. The van der Waals surface area contributed by atoms with Crippen LogP contribution in [0.1, 0.15) is 35.7 Å². The maximum absolute atomic E-state index is 12.2. The third kappa shape index (κ3) is 5.43. The number of benzene rings is 1. The van der Waals surface area contributed by atoms with Crippen molar-refractivity contribution >= 4 is 17.2 Å². The Hall–Kier alpha value is -2.14. The summed E-state index contributed by atoms with van der Waals surface area (Å²) < 4.78 is 5.83. The number of amides is 1. The van der Waals surface area contributed by atoms with Crippen LogP contribution < -0.4 is 4.74 Å². The molecular formula is C20H26N2O2S. The maximum Gasteiger partial charge on any atom is 0.225 e. The molecule has 0 bridgehead atoms. The van der Waals surface area contributed by atoms with Gasteiger partial charge in [-0.05, 0) is 37.1 Å². The summed E-state index contributed by atoms with van der Waals surface area (Å²) in [5.41, 5.74) is 3.35. The van der Waals surface area contributed by atoms with Gasteiger partial charge in [0.05, 0.1) is 12.2 Å². The van der Waals surface area contributed by atoms with E-state index in [-0.39, 0.29) is 11.8 Å². The Morgan fingerprint density at radius 2 is 2.12 bits per heavy atom. The average Bonchev–Trinajstić information content (AvgIpc) is 3.02. The first-order valence-electron chi connectivity index (χ1n) is 8.43. The predicted molar refractivity (Wildman–Crippen MR) is 103 cm³/mol. The maximum atomic E-state index is 12.2. The van der Waals surface area contributed by atoms with E-state index in [1.165, 1.54) is 11.1 Å². The molecular weight excluding hydrogens is 332 g/mol. The van der Waals surface area contributed by atoms with Crippen molar-refractivity contribution in [3.05, 3.63) is 58.1 Å². The lowest BCUT2D eigenvalue weighted by atomic mass is 10.1. The summed E-state index contributed by atoms with van der Waals surface area (Å²) in [6.07, 6.45) is 1.75. The van der Waals surface area contributed by atoms with E-state index in [9.17, 15) is 4.79 Å². The van der Waals surface area contributed by atoms with E-state index in [4.69, 9.17) is 4.74 Å². The van der Waals surface area contributed by atoms with Crippen LogP contribution in [0.15, 0.2) is 36.2 Å². The molecule has 0 N–H and O–H groups in total. The molecule has 0 aliphatic heterocycles. The van der Waals surface area contributed by atoms with E-state index in [0.717, 1.165) is 16.5 Å². The van der Waals surface area contributed by atoms with Gasteiger partial charge >= 0.3 is 0 Å². The van der Waals surface area contributed by atoms with E-state index in [1.54, 1.807) is 22.3 Å². The van der Waals surface area contributed by atoms with E-state index in [2.05, 4.69) is 31.5 Å². The lowest BCUT2D eigenvalue weighted by molar-refractivity contribution is -0.134. The van der Waals surface area contributed by atoms with Crippen LogP contribution in [-0.2, 0) is 17.9 Å². The summed E-state index contributed by atoms with van der Waals surface area (Å²) in [7, 11) is 0. The van der Waals surface area contributed by atoms with Crippen molar-refractivity contribution in [1.29, 1.82) is 0 Å². The number of aryl methyl sites for hydroxylation is 2. The third-order valence-corrected chi connectivity index (χ3v) is 4.82. The Kier molecular flexibility index (Phi) is 6.76. The second kappa shape index (κ2) is 8.81. The topological polar surface area (TPSA) is 42.4 Å². The Labute approximate surface area is 154 Å². The fourth-order valence-electron chi connectivity index (χ4n) is 2.39. The van der Waals surface area contributed by atoms with Gasteiger partial charge in [0, 0.05) is 17.8 Å². The highest BCUT2D eigenvalue weighted by atomic mass is 32.1. The first kappa shape index (κ1) is 19.2. The number of hydrogen-bond acceptors (Lipinski definition) is 4. The molecule has 25 heavy (non-hydrogen) atoms. The van der Waals surface area contributed by atoms with Gasteiger partial charge in [0.15, 0.2) is 0 Å². The molecule has 4 nitrogen and oxygen atoms in total. The largest absolute Gasteiger partial charge is 0.486 e. The van der Waals surface area contributed by atoms with Crippen molar-refractivity contribution in [2.24, 2.45) is 5.92 Å². The highest BCUT2D eigenvalue weighted by Gasteiger charge is 2.17. The van der Waals surface area contributed by atoms with Gasteiger partial charge < -0.3 is 9.64 Å². The minimum absolute atomic E-state index is 0.0360. The van der Waals surface area contributed by atoms with Crippen LogP contribution in [0.4, 0.5) is 0 Å². The minimum atomic E-state index is -0.0360. The zero-order valence-corrected chi connectivity index (χ0v) is 16.2. The summed E-state index contributed by atoms with van der Waals surface area (Å²) in [5, 5.41) is 2.90. The second-order valence-electron chi connectivity index (χ2n) is 6.43. The molecule has 0 aliphatic carbocycles. The highest BCUT2D eigenvalue weighted by Crippen LogP contribution is 2.19. The monoisotopic (exact) mass is 358 g/mol. The first-order chi connectivity index (χ1) is 11.9. The van der Waals surface area contributed by atoms with E-state index in [1.807, 2.05) is 31.4 Å². The second-order valence-corrected chi connectivity index (χ2v) is 7.37. The smallest absolute Gasteiger partial charge is 0.225 e. The Morgan fingerprint density at radius 3 is 2.76 bits per heavy atom. The van der Waals surface area contributed by atoms with Crippen molar-refractivity contribution in [3.8, 4) is 5.75 Å². The molecule has 0 saturated carbocycles. The molecule has 1 amide bonds. The number of nitrogens with zero attached hydrogens (tertiary/aromatic N) is 2. The number of hydrogen-bond donors (Lipinski definition) is 0. The molecule has 0 saturated heterocycles. The quantitative estimate of drug-likeness (QED) is 0.652. The van der Waals surface area contributed by atoms with Gasteiger partial charge in [-0.1, -0.05) is 26.0 Å². The SMILES string of the molecule is C=CCN(Cc1csc(COc2ccc(C)c(C)c2)n1)C(=O)C(C)C. The molecule has 0 atom stereocenters. The standard InChI is InChI=1S/C20H26N2O2S/c1-6-9-22(20(23)14(2)3)11-17-13-25-19(21-17)12-24-18-8-7-15(4)16(5)10-18/h6-8,10,13-14H,1,9,11-12H2,2-5H3. The van der Waals surface area contributed by atoms with Crippen LogP contribution in [0.3, 0.4) is 0 Å². The van der Waals surface area contributed by atoms with Crippen LogP contribution in [0.2, 0.25) is 0 Å². The van der Waals surface area contributed by atoms with Gasteiger partial charge in [-0.15, -0.1) is 17.9 Å². The third-order valence-electron chi connectivity index (χ3n) is 3.95. The van der Waals surface area contributed by atoms with Crippen molar-refractivity contribution < 1.29 is 9.53 Å². The zero-order chi connectivity index (χ0) is 18.4. The lowest BCUT2D eigenvalue weighted by Gasteiger charge is -2.22. The molecule has 0 unspecified atom stereocenters. The first-order valence-corrected chi connectivity index (χ1v) is 9.31. The summed E-state index contributed by atoms with van der Waals surface area (Å²) in [6.45, 7) is 13.2. The summed E-state index contributed by atoms with van der Waals surface area (Å²) in [4.78, 5) is 18.6. The average molecular weight is 359 g/mol. The molecule has 0 fully saturated rings. The number of ether oxygens (including phenoxy) is 1. The number of aromatic nitrogens is 1. The fraction of sp³-hybridized carbons (Fsp3) is 0.400. The molecule has 0 aliphatic rings. The molecule has 2 aromatic rings. The van der Waals surface area contributed by atoms with Crippen LogP contribution >= 0.6 is 11.3 Å². The van der Waals surface area contributed by atoms with Crippen molar-refractivity contribution in [3.63, 3.8) is 0 Å². The van der Waals surface area contributed by atoms with E-state index < -0.39 is 0 Å². The van der Waals surface area contributed by atoms with Crippen molar-refractivity contribution in [1.82, 2.24) is 9.88 Å². The van der Waals surface area contributed by atoms with Gasteiger partial charge in [-0.2, -0.15) is 0 Å². The van der Waals surface area contributed by atoms with Gasteiger partial charge in [0.25, 0.3) is 0 Å². The summed E-state index contributed by atoms with van der Waals surface area (Å²) in [5.74, 6) is 0.926. The molecule has 1 aromatic heterocycles. The molecule has 0 radical (unpaired) electrons. The Morgan fingerprint density at radius 1 is 1.36 bits per heavy atom. The van der Waals surface area contributed by atoms with E-state index >= 15 is 0 Å². The van der Waals surface area contributed by atoms with Crippen LogP contribution in [0, 0.1) is 19.8 Å². The van der Waals surface area contributed by atoms with Gasteiger partial charge in [-0.3, -0.25) is 4.79 Å². The Balaban J connectivity index is 1.97. The van der Waals surface area contributed by atoms with Gasteiger partial charge in [0.2, 0.25) is 5.91 Å². The molecule has 134 valence electrons. The molecule has 1 heterocycles. The van der Waals surface area contributed by atoms with Crippen molar-refractivity contribution in [2.45, 2.75) is 40.8 Å². The lowest BCUT2D eigenvalue weighted by Crippen LogP contribution is -2.34. The zero-order valence-electron chi connectivity index (χ0n) is 15.4. The Bertz CT molecular complexity index is 737. The number of carbonyl (C=O) groups is 1. The summed E-state index contributed by atoms with van der Waals surface area (Å²) in [6, 6.07) is 6.07. The van der Waals surface area contributed by atoms with E-state index in [0.29, 0.717) is 19.7 Å². The minimum Gasteiger partial charge on any atom is -0.486 e. The summed E-state index contributed by atoms with van der Waals surface area (Å²) >= 11 is 1.56. The van der Waals surface area contributed by atoms with Crippen LogP contribution in [0.5, 0.6) is 5.75 Å². The van der Waals surface area contributed by atoms with Crippen LogP contribution in [0.25, 0.3) is 0 Å². The van der Waals surface area contributed by atoms with Gasteiger partial charge in [0.1, 0.15) is 17.4 Å². The van der Waals surface area contributed by atoms with Crippen molar-refractivity contribution in [2.75, 3.05) is 6.54 Å². The number of thiazole rings is 1. The fourth-order valence-corrected chi connectivity index (χ4v) is 3.08. The molecule has 2 rings (SSSR count). The molecule has 1 aromatic carbocycles. The predicted octanol–water partition coefficient (Wildman–Crippen LogP) is 4.51. The van der Waals surface area contributed by atoms with Crippen LogP contribution in [-0.4, -0.2) is 22.3 Å². The molecule has 0 spiro atoms. The number of rotatable bonds is 8. The normalized spacial score (nSPS) is 10.8. The van der Waals surface area contributed by atoms with Gasteiger partial charge in [-0.25, -0.2) is 4.98 Å². The molecule has 5 heteroatoms.